The zero-order valence-electron chi connectivity index (χ0n) is 11.3. The van der Waals surface area contributed by atoms with E-state index in [1.807, 2.05) is 0 Å². The molecule has 0 bridgehead atoms. The SMILES string of the molecule is CCCNCc1oc(COC2CCOC2)cc1C. The molecule has 0 radical (unpaired) electrons. The highest BCUT2D eigenvalue weighted by atomic mass is 16.5. The molecule has 18 heavy (non-hydrogen) atoms. The first-order valence-corrected chi connectivity index (χ1v) is 6.78. The van der Waals surface area contributed by atoms with Gasteiger partial charge in [-0.1, -0.05) is 6.92 Å². The lowest BCUT2D eigenvalue weighted by Crippen LogP contribution is -2.13. The van der Waals surface area contributed by atoms with Crippen LogP contribution < -0.4 is 5.32 Å². The highest BCUT2D eigenvalue weighted by molar-refractivity contribution is 5.19. The van der Waals surface area contributed by atoms with Gasteiger partial charge in [-0.25, -0.2) is 0 Å². The average Bonchev–Trinajstić information content (AvgIpc) is 2.97. The molecule has 2 rings (SSSR count). The summed E-state index contributed by atoms with van der Waals surface area (Å²) in [6, 6.07) is 2.07. The summed E-state index contributed by atoms with van der Waals surface area (Å²) >= 11 is 0. The Bertz CT molecular complexity index is 356. The second-order valence-corrected chi connectivity index (χ2v) is 4.79. The number of rotatable bonds is 7. The van der Waals surface area contributed by atoms with Crippen LogP contribution >= 0.6 is 0 Å². The summed E-state index contributed by atoms with van der Waals surface area (Å²) in [4.78, 5) is 0. The highest BCUT2D eigenvalue weighted by Crippen LogP contribution is 2.17. The summed E-state index contributed by atoms with van der Waals surface area (Å²) in [5, 5.41) is 3.35. The minimum absolute atomic E-state index is 0.233. The fourth-order valence-corrected chi connectivity index (χ4v) is 2.06. The van der Waals surface area contributed by atoms with Crippen molar-refractivity contribution >= 4 is 0 Å². The lowest BCUT2D eigenvalue weighted by Gasteiger charge is -2.07. The van der Waals surface area contributed by atoms with Crippen LogP contribution in [0.4, 0.5) is 0 Å². The van der Waals surface area contributed by atoms with Crippen molar-refractivity contribution in [3.05, 3.63) is 23.2 Å². The number of aryl methyl sites for hydroxylation is 1. The third-order valence-electron chi connectivity index (χ3n) is 3.13. The van der Waals surface area contributed by atoms with E-state index in [1.54, 1.807) is 0 Å². The Labute approximate surface area is 109 Å². The fraction of sp³-hybridized carbons (Fsp3) is 0.714. The van der Waals surface area contributed by atoms with Gasteiger partial charge in [-0.3, -0.25) is 0 Å². The van der Waals surface area contributed by atoms with Crippen LogP contribution in [0, 0.1) is 6.92 Å². The molecule has 4 heteroatoms. The van der Waals surface area contributed by atoms with Crippen molar-refractivity contribution in [3.63, 3.8) is 0 Å². The van der Waals surface area contributed by atoms with Crippen molar-refractivity contribution in [1.29, 1.82) is 0 Å². The Hall–Kier alpha value is -0.840. The van der Waals surface area contributed by atoms with Crippen molar-refractivity contribution in [3.8, 4) is 0 Å². The maximum Gasteiger partial charge on any atom is 0.130 e. The van der Waals surface area contributed by atoms with E-state index in [4.69, 9.17) is 13.9 Å². The van der Waals surface area contributed by atoms with Crippen LogP contribution in [0.1, 0.15) is 36.8 Å². The van der Waals surface area contributed by atoms with Crippen molar-refractivity contribution in [2.75, 3.05) is 19.8 Å². The molecule has 102 valence electrons. The molecule has 1 aliphatic heterocycles. The van der Waals surface area contributed by atoms with E-state index in [1.165, 1.54) is 5.56 Å². The zero-order chi connectivity index (χ0) is 12.8. The predicted octanol–water partition coefficient (Wildman–Crippen LogP) is 2.39. The molecule has 1 aromatic heterocycles. The average molecular weight is 253 g/mol. The topological polar surface area (TPSA) is 43.6 Å². The molecule has 1 unspecified atom stereocenters. The molecular weight excluding hydrogens is 230 g/mol. The van der Waals surface area contributed by atoms with E-state index in [0.29, 0.717) is 13.2 Å². The molecule has 0 aromatic carbocycles. The minimum atomic E-state index is 0.233. The third kappa shape index (κ3) is 3.83. The zero-order valence-corrected chi connectivity index (χ0v) is 11.3. The fourth-order valence-electron chi connectivity index (χ4n) is 2.06. The summed E-state index contributed by atoms with van der Waals surface area (Å²) in [6.07, 6.45) is 2.36. The predicted molar refractivity (Wildman–Crippen MR) is 69.5 cm³/mol. The Balaban J connectivity index is 1.79. The van der Waals surface area contributed by atoms with E-state index in [-0.39, 0.29) is 6.10 Å². The van der Waals surface area contributed by atoms with Crippen LogP contribution in [0.15, 0.2) is 10.5 Å². The third-order valence-corrected chi connectivity index (χ3v) is 3.13. The summed E-state index contributed by atoms with van der Waals surface area (Å²) in [6.45, 7) is 8.12. The first-order valence-electron chi connectivity index (χ1n) is 6.78. The number of hydrogen-bond donors (Lipinski definition) is 1. The number of furan rings is 1. The van der Waals surface area contributed by atoms with Crippen molar-refractivity contribution in [1.82, 2.24) is 5.32 Å². The molecule has 2 heterocycles. The van der Waals surface area contributed by atoms with E-state index in [9.17, 15) is 0 Å². The molecule has 1 fully saturated rings. The largest absolute Gasteiger partial charge is 0.462 e. The number of hydrogen-bond acceptors (Lipinski definition) is 4. The molecule has 4 nitrogen and oxygen atoms in total. The van der Waals surface area contributed by atoms with Crippen LogP contribution in [0.25, 0.3) is 0 Å². The monoisotopic (exact) mass is 253 g/mol. The Kier molecular flexibility index (Phi) is 5.23. The molecule has 0 aliphatic carbocycles. The van der Waals surface area contributed by atoms with Crippen molar-refractivity contribution < 1.29 is 13.9 Å². The lowest BCUT2D eigenvalue weighted by molar-refractivity contribution is 0.0230. The number of ether oxygens (including phenoxy) is 2. The Morgan fingerprint density at radius 1 is 1.50 bits per heavy atom. The van der Waals surface area contributed by atoms with Gasteiger partial charge in [0.05, 0.1) is 19.3 Å². The highest BCUT2D eigenvalue weighted by Gasteiger charge is 2.17. The standard InChI is InChI=1S/C14H23NO3/c1-3-5-15-8-14-11(2)7-13(18-14)10-17-12-4-6-16-9-12/h7,12,15H,3-6,8-10H2,1-2H3. The Morgan fingerprint density at radius 2 is 2.39 bits per heavy atom. The molecule has 1 aliphatic rings. The molecule has 1 N–H and O–H groups in total. The number of nitrogens with one attached hydrogen (secondary N) is 1. The van der Waals surface area contributed by atoms with Gasteiger partial charge in [-0.15, -0.1) is 0 Å². The van der Waals surface area contributed by atoms with E-state index >= 15 is 0 Å². The summed E-state index contributed by atoms with van der Waals surface area (Å²) in [5.41, 5.74) is 1.19. The van der Waals surface area contributed by atoms with Gasteiger partial charge in [0.2, 0.25) is 0 Å². The van der Waals surface area contributed by atoms with E-state index < -0.39 is 0 Å². The molecular formula is C14H23NO3. The second-order valence-electron chi connectivity index (χ2n) is 4.79. The van der Waals surface area contributed by atoms with Crippen LogP contribution in [0.2, 0.25) is 0 Å². The molecule has 0 saturated carbocycles. The van der Waals surface area contributed by atoms with E-state index in [0.717, 1.165) is 44.1 Å². The first kappa shape index (κ1) is 13.6. The van der Waals surface area contributed by atoms with Crippen molar-refractivity contribution in [2.24, 2.45) is 0 Å². The summed E-state index contributed by atoms with van der Waals surface area (Å²) in [7, 11) is 0. The molecule has 1 atom stereocenters. The van der Waals surface area contributed by atoms with Gasteiger partial charge < -0.3 is 19.2 Å². The van der Waals surface area contributed by atoms with Crippen LogP contribution in [-0.2, 0) is 22.6 Å². The van der Waals surface area contributed by atoms with Gasteiger partial charge in [0.25, 0.3) is 0 Å². The minimum Gasteiger partial charge on any atom is -0.462 e. The maximum atomic E-state index is 5.79. The van der Waals surface area contributed by atoms with Gasteiger partial charge >= 0.3 is 0 Å². The lowest BCUT2D eigenvalue weighted by atomic mass is 10.2. The maximum absolute atomic E-state index is 5.79. The van der Waals surface area contributed by atoms with Crippen LogP contribution in [0.5, 0.6) is 0 Å². The van der Waals surface area contributed by atoms with Crippen molar-refractivity contribution in [2.45, 2.75) is 45.9 Å². The van der Waals surface area contributed by atoms with Crippen LogP contribution in [-0.4, -0.2) is 25.9 Å². The first-order chi connectivity index (χ1) is 8.79. The Morgan fingerprint density at radius 3 is 3.11 bits per heavy atom. The molecule has 0 amide bonds. The quantitative estimate of drug-likeness (QED) is 0.758. The molecule has 0 spiro atoms. The second kappa shape index (κ2) is 6.92. The van der Waals surface area contributed by atoms with Gasteiger partial charge in [-0.2, -0.15) is 0 Å². The van der Waals surface area contributed by atoms with Gasteiger partial charge in [0.1, 0.15) is 18.1 Å². The van der Waals surface area contributed by atoms with E-state index in [2.05, 4.69) is 25.2 Å². The normalized spacial score (nSPS) is 19.6. The molecule has 1 saturated heterocycles. The van der Waals surface area contributed by atoms with Gasteiger partial charge in [0, 0.05) is 6.61 Å². The smallest absolute Gasteiger partial charge is 0.130 e. The summed E-state index contributed by atoms with van der Waals surface area (Å²) in [5.74, 6) is 1.93. The van der Waals surface area contributed by atoms with Gasteiger partial charge in [-0.05, 0) is 37.9 Å². The van der Waals surface area contributed by atoms with Crippen LogP contribution in [0.3, 0.4) is 0 Å². The molecule has 1 aromatic rings. The van der Waals surface area contributed by atoms with Gasteiger partial charge in [0.15, 0.2) is 0 Å². The summed E-state index contributed by atoms with van der Waals surface area (Å²) < 4.78 is 16.8.